The Labute approximate surface area is 165 Å². The highest BCUT2D eigenvalue weighted by molar-refractivity contribution is 5.97. The SMILES string of the molecule is CCOC(=O)C1CCN(C(=O)/C(C#N)=C\NCCc2cccc(OC)c2)CC1. The number of carbonyl (C=O) groups is 2. The first-order valence-corrected chi connectivity index (χ1v) is 9.51. The molecule has 7 heteroatoms. The number of piperidine rings is 1. The van der Waals surface area contributed by atoms with Crippen molar-refractivity contribution in [1.29, 1.82) is 5.26 Å². The van der Waals surface area contributed by atoms with Crippen molar-refractivity contribution >= 4 is 11.9 Å². The minimum absolute atomic E-state index is 0.0697. The van der Waals surface area contributed by atoms with Gasteiger partial charge in [-0.1, -0.05) is 12.1 Å². The summed E-state index contributed by atoms with van der Waals surface area (Å²) in [5.74, 6) is 0.121. The van der Waals surface area contributed by atoms with Crippen LogP contribution >= 0.6 is 0 Å². The van der Waals surface area contributed by atoms with E-state index in [1.165, 1.54) is 6.20 Å². The quantitative estimate of drug-likeness (QED) is 0.319. The van der Waals surface area contributed by atoms with Crippen LogP contribution in [-0.2, 0) is 20.7 Å². The van der Waals surface area contributed by atoms with Gasteiger partial charge in [0, 0.05) is 25.8 Å². The number of hydrogen-bond acceptors (Lipinski definition) is 6. The summed E-state index contributed by atoms with van der Waals surface area (Å²) in [4.78, 5) is 26.0. The topological polar surface area (TPSA) is 91.7 Å². The largest absolute Gasteiger partial charge is 0.497 e. The van der Waals surface area contributed by atoms with Gasteiger partial charge in [-0.05, 0) is 43.9 Å². The molecule has 1 aliphatic heterocycles. The van der Waals surface area contributed by atoms with E-state index in [-0.39, 0.29) is 23.4 Å². The molecule has 1 N–H and O–H groups in total. The fraction of sp³-hybridized carbons (Fsp3) is 0.476. The van der Waals surface area contributed by atoms with Crippen LogP contribution in [0.15, 0.2) is 36.0 Å². The van der Waals surface area contributed by atoms with Crippen molar-refractivity contribution in [1.82, 2.24) is 10.2 Å². The molecular weight excluding hydrogens is 358 g/mol. The lowest BCUT2D eigenvalue weighted by atomic mass is 9.96. The number of ether oxygens (including phenoxy) is 2. The van der Waals surface area contributed by atoms with E-state index in [1.54, 1.807) is 18.9 Å². The summed E-state index contributed by atoms with van der Waals surface area (Å²) in [6, 6.07) is 9.73. The highest BCUT2D eigenvalue weighted by Crippen LogP contribution is 2.20. The molecule has 0 bridgehead atoms. The van der Waals surface area contributed by atoms with Crippen LogP contribution in [0.5, 0.6) is 5.75 Å². The fourth-order valence-electron chi connectivity index (χ4n) is 3.11. The van der Waals surface area contributed by atoms with Gasteiger partial charge >= 0.3 is 5.97 Å². The molecule has 1 aliphatic rings. The number of amides is 1. The van der Waals surface area contributed by atoms with Crippen LogP contribution in [0.1, 0.15) is 25.3 Å². The second-order valence-corrected chi connectivity index (χ2v) is 6.54. The zero-order valence-corrected chi connectivity index (χ0v) is 16.4. The predicted octanol–water partition coefficient (Wildman–Crippen LogP) is 2.04. The molecule has 2 rings (SSSR count). The van der Waals surface area contributed by atoms with Gasteiger partial charge in [0.1, 0.15) is 17.4 Å². The second kappa shape index (κ2) is 11.0. The molecule has 1 amide bonds. The molecule has 1 heterocycles. The molecule has 1 aromatic carbocycles. The van der Waals surface area contributed by atoms with Gasteiger partial charge in [0.05, 0.1) is 19.6 Å². The number of hydrogen-bond donors (Lipinski definition) is 1. The van der Waals surface area contributed by atoms with Gasteiger partial charge in [-0.25, -0.2) is 0 Å². The summed E-state index contributed by atoms with van der Waals surface area (Å²) in [5, 5.41) is 12.4. The Morgan fingerprint density at radius 2 is 2.11 bits per heavy atom. The molecular formula is C21H27N3O4. The van der Waals surface area contributed by atoms with E-state index in [1.807, 2.05) is 30.3 Å². The van der Waals surface area contributed by atoms with Crippen LogP contribution < -0.4 is 10.1 Å². The van der Waals surface area contributed by atoms with Gasteiger partial charge in [-0.3, -0.25) is 9.59 Å². The lowest BCUT2D eigenvalue weighted by Crippen LogP contribution is -2.41. The maximum absolute atomic E-state index is 12.5. The summed E-state index contributed by atoms with van der Waals surface area (Å²) in [6.45, 7) is 3.63. The maximum Gasteiger partial charge on any atom is 0.309 e. The van der Waals surface area contributed by atoms with Crippen molar-refractivity contribution in [2.24, 2.45) is 5.92 Å². The van der Waals surface area contributed by atoms with Gasteiger partial charge in [0.25, 0.3) is 5.91 Å². The van der Waals surface area contributed by atoms with Gasteiger partial charge in [-0.15, -0.1) is 0 Å². The molecule has 1 saturated heterocycles. The van der Waals surface area contributed by atoms with Crippen molar-refractivity contribution in [2.75, 3.05) is 33.4 Å². The number of esters is 1. The van der Waals surface area contributed by atoms with Gasteiger partial charge in [0.15, 0.2) is 0 Å². The third kappa shape index (κ3) is 6.02. The number of rotatable bonds is 8. The lowest BCUT2D eigenvalue weighted by molar-refractivity contribution is -0.150. The molecule has 1 fully saturated rings. The number of nitriles is 1. The number of nitrogens with zero attached hydrogens (tertiary/aromatic N) is 2. The van der Waals surface area contributed by atoms with Crippen LogP contribution in [0.2, 0.25) is 0 Å². The summed E-state index contributed by atoms with van der Waals surface area (Å²) >= 11 is 0. The van der Waals surface area contributed by atoms with E-state index in [4.69, 9.17) is 9.47 Å². The molecule has 150 valence electrons. The Balaban J connectivity index is 1.82. The Bertz CT molecular complexity index is 746. The van der Waals surface area contributed by atoms with E-state index in [2.05, 4.69) is 5.32 Å². The number of nitrogens with one attached hydrogen (secondary N) is 1. The summed E-state index contributed by atoms with van der Waals surface area (Å²) in [6.07, 6.45) is 3.34. The Kier molecular flexibility index (Phi) is 8.35. The molecule has 0 aliphatic carbocycles. The molecule has 0 atom stereocenters. The second-order valence-electron chi connectivity index (χ2n) is 6.54. The van der Waals surface area contributed by atoms with E-state index < -0.39 is 0 Å². The average Bonchev–Trinajstić information content (AvgIpc) is 2.74. The van der Waals surface area contributed by atoms with Crippen molar-refractivity contribution in [2.45, 2.75) is 26.2 Å². The Morgan fingerprint density at radius 3 is 2.75 bits per heavy atom. The molecule has 0 saturated carbocycles. The maximum atomic E-state index is 12.5. The van der Waals surface area contributed by atoms with Crippen molar-refractivity contribution < 1.29 is 19.1 Å². The van der Waals surface area contributed by atoms with Crippen molar-refractivity contribution in [3.8, 4) is 11.8 Å². The predicted molar refractivity (Wildman–Crippen MR) is 104 cm³/mol. The first-order chi connectivity index (χ1) is 13.6. The van der Waals surface area contributed by atoms with Gasteiger partial charge < -0.3 is 19.7 Å². The third-order valence-corrected chi connectivity index (χ3v) is 4.69. The normalized spacial score (nSPS) is 14.9. The molecule has 0 unspecified atom stereocenters. The van der Waals surface area contributed by atoms with Crippen LogP contribution in [0.25, 0.3) is 0 Å². The summed E-state index contributed by atoms with van der Waals surface area (Å²) in [5.41, 5.74) is 1.17. The summed E-state index contributed by atoms with van der Waals surface area (Å²) in [7, 11) is 1.63. The highest BCUT2D eigenvalue weighted by Gasteiger charge is 2.29. The molecule has 1 aromatic rings. The van der Waals surface area contributed by atoms with Gasteiger partial charge in [0.2, 0.25) is 0 Å². The molecule has 0 spiro atoms. The van der Waals surface area contributed by atoms with E-state index >= 15 is 0 Å². The standard InChI is InChI=1S/C21H27N3O4/c1-3-28-21(26)17-8-11-24(12-9-17)20(25)18(14-22)15-23-10-7-16-5-4-6-19(13-16)27-2/h4-6,13,15,17,23H,3,7-12H2,1-2H3/b18-15-. The Morgan fingerprint density at radius 1 is 1.36 bits per heavy atom. The zero-order valence-electron chi connectivity index (χ0n) is 16.4. The molecule has 28 heavy (non-hydrogen) atoms. The average molecular weight is 385 g/mol. The number of benzene rings is 1. The minimum atomic E-state index is -0.307. The van der Waals surface area contributed by atoms with Gasteiger partial charge in [-0.2, -0.15) is 5.26 Å². The van der Waals surface area contributed by atoms with Crippen LogP contribution in [-0.4, -0.2) is 50.1 Å². The van der Waals surface area contributed by atoms with Crippen molar-refractivity contribution in [3.05, 3.63) is 41.6 Å². The van der Waals surface area contributed by atoms with Crippen molar-refractivity contribution in [3.63, 3.8) is 0 Å². The number of likely N-dealkylation sites (tertiary alicyclic amines) is 1. The number of carbonyl (C=O) groups excluding carboxylic acids is 2. The molecule has 0 radical (unpaired) electrons. The zero-order chi connectivity index (χ0) is 20.4. The number of methoxy groups -OCH3 is 1. The van der Waals surface area contributed by atoms with E-state index in [0.29, 0.717) is 39.1 Å². The minimum Gasteiger partial charge on any atom is -0.497 e. The highest BCUT2D eigenvalue weighted by atomic mass is 16.5. The first kappa shape index (κ1) is 21.3. The van der Waals surface area contributed by atoms with E-state index in [0.717, 1.165) is 17.7 Å². The smallest absolute Gasteiger partial charge is 0.309 e. The first-order valence-electron chi connectivity index (χ1n) is 9.51. The van der Waals surface area contributed by atoms with Crippen LogP contribution in [0, 0.1) is 17.2 Å². The van der Waals surface area contributed by atoms with E-state index in [9.17, 15) is 14.9 Å². The molecule has 0 aromatic heterocycles. The fourth-order valence-corrected chi connectivity index (χ4v) is 3.11. The lowest BCUT2D eigenvalue weighted by Gasteiger charge is -2.30. The monoisotopic (exact) mass is 385 g/mol. The summed E-state index contributed by atoms with van der Waals surface area (Å²) < 4.78 is 10.2. The molecule has 7 nitrogen and oxygen atoms in total. The third-order valence-electron chi connectivity index (χ3n) is 4.69. The Hall–Kier alpha value is -3.01. The van der Waals surface area contributed by atoms with Crippen LogP contribution in [0.4, 0.5) is 0 Å². The van der Waals surface area contributed by atoms with Crippen LogP contribution in [0.3, 0.4) is 0 Å².